The van der Waals surface area contributed by atoms with Crippen LogP contribution in [-0.2, 0) is 11.2 Å². The number of aromatic nitrogens is 1. The van der Waals surface area contributed by atoms with Gasteiger partial charge in [0.15, 0.2) is 5.58 Å². The van der Waals surface area contributed by atoms with Gasteiger partial charge in [-0.05, 0) is 24.3 Å². The van der Waals surface area contributed by atoms with Crippen molar-refractivity contribution in [3.8, 4) is 0 Å². The van der Waals surface area contributed by atoms with E-state index in [-0.39, 0.29) is 12.3 Å². The number of nitrogens with one attached hydrogen (secondary N) is 1. The summed E-state index contributed by atoms with van der Waals surface area (Å²) in [5.41, 5.74) is 1.54. The molecule has 3 rings (SSSR count). The Morgan fingerprint density at radius 2 is 2.39 bits per heavy atom. The molecule has 1 aliphatic rings. The van der Waals surface area contributed by atoms with E-state index >= 15 is 0 Å². The maximum absolute atomic E-state index is 11.8. The molecule has 18 heavy (non-hydrogen) atoms. The predicted octanol–water partition coefficient (Wildman–Crippen LogP) is 1.99. The van der Waals surface area contributed by atoms with Gasteiger partial charge in [0.25, 0.3) is 0 Å². The Morgan fingerprint density at radius 3 is 3.17 bits per heavy atom. The van der Waals surface area contributed by atoms with Gasteiger partial charge in [-0.1, -0.05) is 12.1 Å². The van der Waals surface area contributed by atoms with Crippen LogP contribution in [0.15, 0.2) is 28.7 Å². The first-order valence-corrected chi connectivity index (χ1v) is 7.18. The first-order valence-electron chi connectivity index (χ1n) is 6.03. The van der Waals surface area contributed by atoms with E-state index in [9.17, 15) is 4.79 Å². The van der Waals surface area contributed by atoms with Gasteiger partial charge in [-0.25, -0.2) is 4.98 Å². The summed E-state index contributed by atoms with van der Waals surface area (Å²) in [6.45, 7) is 0. The first-order chi connectivity index (χ1) is 8.81. The van der Waals surface area contributed by atoms with E-state index in [1.54, 1.807) is 0 Å². The van der Waals surface area contributed by atoms with Crippen molar-refractivity contribution in [3.63, 3.8) is 0 Å². The molecule has 0 saturated carbocycles. The second-order valence-electron chi connectivity index (χ2n) is 4.38. The molecule has 2 heterocycles. The van der Waals surface area contributed by atoms with Crippen LogP contribution in [0.2, 0.25) is 0 Å². The highest BCUT2D eigenvalue weighted by atomic mass is 32.2. The molecule has 1 amide bonds. The molecule has 2 aromatic rings. The van der Waals surface area contributed by atoms with Crippen LogP contribution in [0.5, 0.6) is 0 Å². The summed E-state index contributed by atoms with van der Waals surface area (Å²) in [5, 5.41) is 3.01. The Balaban J connectivity index is 1.66. The van der Waals surface area contributed by atoms with Gasteiger partial charge in [0.1, 0.15) is 11.9 Å². The molecule has 94 valence electrons. The number of oxazole rings is 1. The van der Waals surface area contributed by atoms with Crippen molar-refractivity contribution in [3.05, 3.63) is 30.2 Å². The van der Waals surface area contributed by atoms with E-state index in [1.165, 1.54) is 0 Å². The van der Waals surface area contributed by atoms with Crippen LogP contribution in [0.3, 0.4) is 0 Å². The molecule has 0 unspecified atom stereocenters. The van der Waals surface area contributed by atoms with E-state index in [0.29, 0.717) is 11.9 Å². The maximum Gasteiger partial charge on any atom is 0.229 e. The zero-order valence-electron chi connectivity index (χ0n) is 9.89. The molecular weight excluding hydrogens is 248 g/mol. The van der Waals surface area contributed by atoms with Gasteiger partial charge in [-0.3, -0.25) is 4.79 Å². The average molecular weight is 262 g/mol. The Bertz CT molecular complexity index is 528. The number of hydrogen-bond donors (Lipinski definition) is 1. The van der Waals surface area contributed by atoms with Crippen LogP contribution >= 0.6 is 11.8 Å². The summed E-state index contributed by atoms with van der Waals surface area (Å²) in [6, 6.07) is 7.86. The largest absolute Gasteiger partial charge is 0.440 e. The molecule has 0 bridgehead atoms. The third kappa shape index (κ3) is 2.51. The van der Waals surface area contributed by atoms with Gasteiger partial charge < -0.3 is 9.73 Å². The number of thioether (sulfide) groups is 1. The predicted molar refractivity (Wildman–Crippen MR) is 71.6 cm³/mol. The maximum atomic E-state index is 11.8. The number of nitrogens with zero attached hydrogens (tertiary/aromatic N) is 1. The van der Waals surface area contributed by atoms with E-state index in [0.717, 1.165) is 29.0 Å². The Kier molecular flexibility index (Phi) is 3.23. The highest BCUT2D eigenvalue weighted by Gasteiger charge is 2.18. The number of rotatable bonds is 3. The standard InChI is InChI=1S/C13H14N2O2S/c16-12(14-9-5-6-18-8-9)7-13-15-10-3-1-2-4-11(10)17-13/h1-4,9H,5-8H2,(H,14,16)/t9-/m0/s1. The molecule has 1 N–H and O–H groups in total. The lowest BCUT2D eigenvalue weighted by molar-refractivity contribution is -0.121. The smallest absolute Gasteiger partial charge is 0.229 e. The van der Waals surface area contributed by atoms with Crippen LogP contribution in [-0.4, -0.2) is 28.4 Å². The van der Waals surface area contributed by atoms with Gasteiger partial charge >= 0.3 is 0 Å². The lowest BCUT2D eigenvalue weighted by Crippen LogP contribution is -2.35. The monoisotopic (exact) mass is 262 g/mol. The summed E-state index contributed by atoms with van der Waals surface area (Å²) in [6.07, 6.45) is 1.28. The fourth-order valence-corrected chi connectivity index (χ4v) is 3.21. The number of fused-ring (bicyclic) bond motifs is 1. The molecule has 1 atom stereocenters. The fourth-order valence-electron chi connectivity index (χ4n) is 2.06. The third-order valence-corrected chi connectivity index (χ3v) is 4.11. The van der Waals surface area contributed by atoms with Gasteiger partial charge in [0.2, 0.25) is 11.8 Å². The molecule has 1 aromatic heterocycles. The summed E-state index contributed by atoms with van der Waals surface area (Å²) in [4.78, 5) is 16.1. The van der Waals surface area contributed by atoms with Gasteiger partial charge in [0.05, 0.1) is 0 Å². The van der Waals surface area contributed by atoms with Crippen LogP contribution in [0.25, 0.3) is 11.1 Å². The number of carbonyl (C=O) groups is 1. The summed E-state index contributed by atoms with van der Waals surface area (Å²) >= 11 is 1.88. The van der Waals surface area contributed by atoms with Crippen LogP contribution in [0.1, 0.15) is 12.3 Å². The molecule has 5 heteroatoms. The highest BCUT2D eigenvalue weighted by Crippen LogP contribution is 2.18. The Morgan fingerprint density at radius 1 is 1.50 bits per heavy atom. The molecule has 0 spiro atoms. The van der Waals surface area contributed by atoms with Gasteiger partial charge in [-0.15, -0.1) is 0 Å². The van der Waals surface area contributed by atoms with Gasteiger partial charge in [0, 0.05) is 11.8 Å². The fraction of sp³-hybridized carbons (Fsp3) is 0.385. The zero-order chi connectivity index (χ0) is 12.4. The molecule has 0 aliphatic carbocycles. The van der Waals surface area contributed by atoms with Crippen molar-refractivity contribution in [2.75, 3.05) is 11.5 Å². The van der Waals surface area contributed by atoms with Crippen molar-refractivity contribution < 1.29 is 9.21 Å². The second kappa shape index (κ2) is 5.02. The van der Waals surface area contributed by atoms with Crippen molar-refractivity contribution in [2.24, 2.45) is 0 Å². The van der Waals surface area contributed by atoms with Crippen molar-refractivity contribution in [1.29, 1.82) is 0 Å². The number of hydrogen-bond acceptors (Lipinski definition) is 4. The van der Waals surface area contributed by atoms with Crippen molar-refractivity contribution in [2.45, 2.75) is 18.9 Å². The van der Waals surface area contributed by atoms with E-state index in [2.05, 4.69) is 10.3 Å². The van der Waals surface area contributed by atoms with Crippen molar-refractivity contribution in [1.82, 2.24) is 10.3 Å². The summed E-state index contributed by atoms with van der Waals surface area (Å²) < 4.78 is 5.53. The minimum Gasteiger partial charge on any atom is -0.440 e. The SMILES string of the molecule is O=C(Cc1nc2ccccc2o1)N[C@H]1CCSC1. The lowest BCUT2D eigenvalue weighted by atomic mass is 10.2. The van der Waals surface area contributed by atoms with E-state index in [4.69, 9.17) is 4.42 Å². The summed E-state index contributed by atoms with van der Waals surface area (Å²) in [5.74, 6) is 2.63. The average Bonchev–Trinajstić information content (AvgIpc) is 2.96. The van der Waals surface area contributed by atoms with Crippen molar-refractivity contribution >= 4 is 28.8 Å². The van der Waals surface area contributed by atoms with Crippen LogP contribution in [0.4, 0.5) is 0 Å². The Hall–Kier alpha value is -1.49. The molecule has 4 nitrogen and oxygen atoms in total. The molecule has 1 aromatic carbocycles. The van der Waals surface area contributed by atoms with Gasteiger partial charge in [-0.2, -0.15) is 11.8 Å². The first kappa shape index (κ1) is 11.6. The highest BCUT2D eigenvalue weighted by molar-refractivity contribution is 7.99. The lowest BCUT2D eigenvalue weighted by Gasteiger charge is -2.09. The molecule has 1 aliphatic heterocycles. The molecule has 1 fully saturated rings. The number of carbonyl (C=O) groups excluding carboxylic acids is 1. The third-order valence-electron chi connectivity index (χ3n) is 2.94. The Labute approximate surface area is 109 Å². The van der Waals surface area contributed by atoms with E-state index < -0.39 is 0 Å². The number of amides is 1. The minimum absolute atomic E-state index is 0.00550. The summed E-state index contributed by atoms with van der Waals surface area (Å²) in [7, 11) is 0. The number of para-hydroxylation sites is 2. The normalized spacial score (nSPS) is 19.2. The molecule has 1 saturated heterocycles. The van der Waals surface area contributed by atoms with E-state index in [1.807, 2.05) is 36.0 Å². The molecular formula is C13H14N2O2S. The molecule has 0 radical (unpaired) electrons. The second-order valence-corrected chi connectivity index (χ2v) is 5.53. The number of benzene rings is 1. The minimum atomic E-state index is -0.00550. The van der Waals surface area contributed by atoms with Crippen LogP contribution in [0, 0.1) is 0 Å². The topological polar surface area (TPSA) is 55.1 Å². The van der Waals surface area contributed by atoms with Crippen LogP contribution < -0.4 is 5.32 Å². The zero-order valence-corrected chi connectivity index (χ0v) is 10.7. The quantitative estimate of drug-likeness (QED) is 0.919.